The number of halogens is 1. The Morgan fingerprint density at radius 3 is 2.33 bits per heavy atom. The Morgan fingerprint density at radius 2 is 1.75 bits per heavy atom. The van der Waals surface area contributed by atoms with E-state index in [0.717, 1.165) is 0 Å². The number of rotatable bonds is 6. The molecule has 2 rings (SSSR count). The first kappa shape index (κ1) is 20.2. The predicted octanol–water partition coefficient (Wildman–Crippen LogP) is 0.471. The Kier molecular flexibility index (Phi) is 7.97. The van der Waals surface area contributed by atoms with E-state index in [4.69, 9.17) is 15.2 Å². The van der Waals surface area contributed by atoms with Crippen LogP contribution in [0.25, 0.3) is 0 Å². The minimum atomic E-state index is -0.863. The molecule has 0 bridgehead atoms. The third-order valence-corrected chi connectivity index (χ3v) is 3.89. The molecule has 2 amide bonds. The van der Waals surface area contributed by atoms with Crippen molar-refractivity contribution in [1.29, 1.82) is 0 Å². The molecule has 0 radical (unpaired) electrons. The molecule has 1 aromatic carbocycles. The minimum Gasteiger partial charge on any atom is -0.497 e. The number of benzene rings is 1. The van der Waals surface area contributed by atoms with Gasteiger partial charge in [0.15, 0.2) is 0 Å². The van der Waals surface area contributed by atoms with E-state index in [1.54, 1.807) is 31.4 Å². The summed E-state index contributed by atoms with van der Waals surface area (Å²) in [5.41, 5.74) is 5.75. The average Bonchev–Trinajstić information content (AvgIpc) is 2.59. The number of ether oxygens (including phenoxy) is 2. The zero-order chi connectivity index (χ0) is 16.7. The van der Waals surface area contributed by atoms with Crippen LogP contribution < -0.4 is 21.1 Å². The van der Waals surface area contributed by atoms with Crippen molar-refractivity contribution in [2.45, 2.75) is 18.4 Å². The van der Waals surface area contributed by atoms with Gasteiger partial charge < -0.3 is 25.8 Å². The summed E-state index contributed by atoms with van der Waals surface area (Å²) < 4.78 is 10.3. The molecule has 24 heavy (non-hydrogen) atoms. The number of carbonyl (C=O) groups excluding carboxylic acids is 2. The van der Waals surface area contributed by atoms with Gasteiger partial charge in [-0.2, -0.15) is 0 Å². The smallest absolute Gasteiger partial charge is 0.251 e. The summed E-state index contributed by atoms with van der Waals surface area (Å²) in [5.74, 6) is 0.299. The molecule has 1 fully saturated rings. The van der Waals surface area contributed by atoms with Crippen molar-refractivity contribution < 1.29 is 19.1 Å². The SMILES string of the molecule is COc1ccc(C(=O)NCCNC(=O)C2(N)CCOCC2)cc1.Cl. The molecule has 7 nitrogen and oxygen atoms in total. The van der Waals surface area contributed by atoms with Crippen LogP contribution in [0.15, 0.2) is 24.3 Å². The van der Waals surface area contributed by atoms with Gasteiger partial charge in [-0.25, -0.2) is 0 Å². The first-order valence-electron chi connectivity index (χ1n) is 7.62. The average molecular weight is 358 g/mol. The Hall–Kier alpha value is -1.83. The number of hydrogen-bond donors (Lipinski definition) is 3. The fourth-order valence-corrected chi connectivity index (χ4v) is 2.34. The van der Waals surface area contributed by atoms with Crippen LogP contribution in [-0.2, 0) is 9.53 Å². The van der Waals surface area contributed by atoms with E-state index in [1.807, 2.05) is 0 Å². The van der Waals surface area contributed by atoms with Gasteiger partial charge in [0.05, 0.1) is 12.6 Å². The summed E-state index contributed by atoms with van der Waals surface area (Å²) in [7, 11) is 1.57. The molecule has 0 aromatic heterocycles. The minimum absolute atomic E-state index is 0. The molecule has 1 heterocycles. The lowest BCUT2D eigenvalue weighted by Gasteiger charge is -2.31. The normalized spacial score (nSPS) is 15.8. The Bertz CT molecular complexity index is 545. The van der Waals surface area contributed by atoms with Crippen LogP contribution in [-0.4, -0.2) is 50.8 Å². The molecule has 4 N–H and O–H groups in total. The first-order valence-corrected chi connectivity index (χ1v) is 7.62. The maximum absolute atomic E-state index is 12.1. The largest absolute Gasteiger partial charge is 0.497 e. The van der Waals surface area contributed by atoms with Gasteiger partial charge in [0.1, 0.15) is 5.75 Å². The topological polar surface area (TPSA) is 103 Å². The Balaban J connectivity index is 0.00000288. The highest BCUT2D eigenvalue weighted by atomic mass is 35.5. The van der Waals surface area contributed by atoms with Gasteiger partial charge in [-0.05, 0) is 37.1 Å². The number of hydrogen-bond acceptors (Lipinski definition) is 5. The molecule has 1 aliphatic heterocycles. The van der Waals surface area contributed by atoms with Gasteiger partial charge >= 0.3 is 0 Å². The molecule has 1 saturated heterocycles. The van der Waals surface area contributed by atoms with Crippen molar-refractivity contribution in [3.63, 3.8) is 0 Å². The van der Waals surface area contributed by atoms with Crippen molar-refractivity contribution in [1.82, 2.24) is 10.6 Å². The lowest BCUT2D eigenvalue weighted by atomic mass is 9.90. The van der Waals surface area contributed by atoms with Crippen molar-refractivity contribution in [2.24, 2.45) is 5.73 Å². The third kappa shape index (κ3) is 5.36. The van der Waals surface area contributed by atoms with E-state index >= 15 is 0 Å². The monoisotopic (exact) mass is 357 g/mol. The van der Waals surface area contributed by atoms with E-state index in [9.17, 15) is 9.59 Å². The molecular formula is C16H24ClN3O4. The van der Waals surface area contributed by atoms with Crippen LogP contribution >= 0.6 is 12.4 Å². The summed E-state index contributed by atoms with van der Waals surface area (Å²) in [6.45, 7) is 1.67. The maximum Gasteiger partial charge on any atom is 0.251 e. The summed E-state index contributed by atoms with van der Waals surface area (Å²) in [5, 5.41) is 5.51. The second kappa shape index (κ2) is 9.46. The lowest BCUT2D eigenvalue weighted by Crippen LogP contribution is -2.57. The maximum atomic E-state index is 12.1. The van der Waals surface area contributed by atoms with Crippen molar-refractivity contribution in [3.05, 3.63) is 29.8 Å². The van der Waals surface area contributed by atoms with Crippen LogP contribution in [0.1, 0.15) is 23.2 Å². The third-order valence-electron chi connectivity index (χ3n) is 3.89. The van der Waals surface area contributed by atoms with E-state index in [1.165, 1.54) is 0 Å². The van der Waals surface area contributed by atoms with E-state index < -0.39 is 5.54 Å². The van der Waals surface area contributed by atoms with Gasteiger partial charge in [0, 0.05) is 31.9 Å². The lowest BCUT2D eigenvalue weighted by molar-refractivity contribution is -0.129. The zero-order valence-electron chi connectivity index (χ0n) is 13.7. The number of carbonyl (C=O) groups is 2. The molecule has 1 aliphatic rings. The highest BCUT2D eigenvalue weighted by Crippen LogP contribution is 2.17. The highest BCUT2D eigenvalue weighted by molar-refractivity contribution is 5.94. The highest BCUT2D eigenvalue weighted by Gasteiger charge is 2.35. The number of methoxy groups -OCH3 is 1. The van der Waals surface area contributed by atoms with Crippen LogP contribution in [0.3, 0.4) is 0 Å². The first-order chi connectivity index (χ1) is 11.0. The molecule has 0 atom stereocenters. The van der Waals surface area contributed by atoms with Gasteiger partial charge in [-0.1, -0.05) is 0 Å². The van der Waals surface area contributed by atoms with Gasteiger partial charge in [-0.15, -0.1) is 12.4 Å². The summed E-state index contributed by atoms with van der Waals surface area (Å²) in [6.07, 6.45) is 1.02. The van der Waals surface area contributed by atoms with Gasteiger partial charge in [0.2, 0.25) is 5.91 Å². The molecule has 1 aromatic rings. The van der Waals surface area contributed by atoms with Gasteiger partial charge in [0.25, 0.3) is 5.91 Å². The Labute approximate surface area is 147 Å². The number of nitrogens with two attached hydrogens (primary N) is 1. The quantitative estimate of drug-likeness (QED) is 0.642. The molecule has 0 aliphatic carbocycles. The van der Waals surface area contributed by atoms with Crippen molar-refractivity contribution >= 4 is 24.2 Å². The molecule has 0 spiro atoms. The fourth-order valence-electron chi connectivity index (χ4n) is 2.34. The number of nitrogens with one attached hydrogen (secondary N) is 2. The Morgan fingerprint density at radius 1 is 1.17 bits per heavy atom. The summed E-state index contributed by atoms with van der Waals surface area (Å²) in [4.78, 5) is 24.0. The van der Waals surface area contributed by atoms with E-state index in [2.05, 4.69) is 10.6 Å². The second-order valence-corrected chi connectivity index (χ2v) is 5.51. The van der Waals surface area contributed by atoms with E-state index in [-0.39, 0.29) is 24.2 Å². The molecule has 134 valence electrons. The molecule has 0 saturated carbocycles. The standard InChI is InChI=1S/C16H23N3O4.ClH/c1-22-13-4-2-12(3-5-13)14(20)18-8-9-19-15(21)16(17)6-10-23-11-7-16;/h2-5H,6-11,17H2,1H3,(H,18,20)(H,19,21);1H. The number of amides is 2. The second-order valence-electron chi connectivity index (χ2n) is 5.51. The van der Waals surface area contributed by atoms with Gasteiger partial charge in [-0.3, -0.25) is 9.59 Å². The predicted molar refractivity (Wildman–Crippen MR) is 92.6 cm³/mol. The zero-order valence-corrected chi connectivity index (χ0v) is 14.5. The molecular weight excluding hydrogens is 334 g/mol. The van der Waals surface area contributed by atoms with Crippen LogP contribution in [0, 0.1) is 0 Å². The molecule has 8 heteroatoms. The summed E-state index contributed by atoms with van der Waals surface area (Å²) in [6, 6.07) is 6.81. The fraction of sp³-hybridized carbons (Fsp3) is 0.500. The van der Waals surface area contributed by atoms with Crippen LogP contribution in [0.4, 0.5) is 0 Å². The van der Waals surface area contributed by atoms with Crippen LogP contribution in [0.5, 0.6) is 5.75 Å². The van der Waals surface area contributed by atoms with Crippen molar-refractivity contribution in [3.8, 4) is 5.75 Å². The summed E-state index contributed by atoms with van der Waals surface area (Å²) >= 11 is 0. The van der Waals surface area contributed by atoms with E-state index in [0.29, 0.717) is 50.5 Å². The van der Waals surface area contributed by atoms with Crippen molar-refractivity contribution in [2.75, 3.05) is 33.4 Å². The van der Waals surface area contributed by atoms with Crippen LogP contribution in [0.2, 0.25) is 0 Å². The molecule has 0 unspecified atom stereocenters.